The predicted molar refractivity (Wildman–Crippen MR) is 74.2 cm³/mol. The van der Waals surface area contributed by atoms with Crippen molar-refractivity contribution in [3.05, 3.63) is 23.4 Å². The molecule has 0 unspecified atom stereocenters. The Morgan fingerprint density at radius 3 is 2.50 bits per heavy atom. The molecule has 0 amide bonds. The van der Waals surface area contributed by atoms with E-state index in [2.05, 4.69) is 37.7 Å². The highest BCUT2D eigenvalue weighted by atomic mass is 28.3. The van der Waals surface area contributed by atoms with Gasteiger partial charge in [0.2, 0.25) is 5.88 Å². The van der Waals surface area contributed by atoms with Crippen molar-refractivity contribution in [1.29, 1.82) is 5.26 Å². The zero-order valence-corrected chi connectivity index (χ0v) is 12.4. The standard InChI is InChI=1S/C13H17N3OSi/c1-9-10-6-7-12(17-2)15-16(10)11(8-14)13(9)18(3,4)5/h6-7H,1-5H3. The molecule has 2 aromatic heterocycles. The fraction of sp³-hybridized carbons (Fsp3) is 0.385. The lowest BCUT2D eigenvalue weighted by atomic mass is 10.3. The first-order chi connectivity index (χ1) is 8.40. The number of hydrogen-bond acceptors (Lipinski definition) is 3. The largest absolute Gasteiger partial charge is 0.480 e. The van der Waals surface area contributed by atoms with Crippen LogP contribution in [0.25, 0.3) is 5.52 Å². The van der Waals surface area contributed by atoms with E-state index in [0.29, 0.717) is 11.6 Å². The Hall–Kier alpha value is -1.80. The molecule has 0 aromatic carbocycles. The highest BCUT2D eigenvalue weighted by Gasteiger charge is 2.27. The molecule has 0 aliphatic heterocycles. The average Bonchev–Trinajstić information content (AvgIpc) is 2.61. The van der Waals surface area contributed by atoms with Gasteiger partial charge in [0.1, 0.15) is 11.8 Å². The lowest BCUT2D eigenvalue weighted by Gasteiger charge is -2.16. The van der Waals surface area contributed by atoms with Gasteiger partial charge in [0.15, 0.2) is 0 Å². The van der Waals surface area contributed by atoms with Crippen LogP contribution < -0.4 is 9.92 Å². The molecule has 2 aromatic rings. The molecule has 5 heteroatoms. The zero-order valence-electron chi connectivity index (χ0n) is 11.4. The summed E-state index contributed by atoms with van der Waals surface area (Å²) in [7, 11) is 0.00113. The van der Waals surface area contributed by atoms with Gasteiger partial charge in [0, 0.05) is 6.07 Å². The van der Waals surface area contributed by atoms with Crippen LogP contribution >= 0.6 is 0 Å². The Labute approximate surface area is 108 Å². The van der Waals surface area contributed by atoms with Crippen molar-refractivity contribution < 1.29 is 4.74 Å². The fourth-order valence-electron chi connectivity index (χ4n) is 2.40. The van der Waals surface area contributed by atoms with E-state index in [4.69, 9.17) is 4.74 Å². The predicted octanol–water partition coefficient (Wildman–Crippen LogP) is 2.07. The van der Waals surface area contributed by atoms with Gasteiger partial charge in [-0.15, -0.1) is 5.10 Å². The smallest absolute Gasteiger partial charge is 0.231 e. The molecule has 18 heavy (non-hydrogen) atoms. The summed E-state index contributed by atoms with van der Waals surface area (Å²) in [6.45, 7) is 8.80. The van der Waals surface area contributed by atoms with Crippen molar-refractivity contribution in [2.45, 2.75) is 26.6 Å². The summed E-state index contributed by atoms with van der Waals surface area (Å²) in [5.41, 5.74) is 2.81. The van der Waals surface area contributed by atoms with Gasteiger partial charge in [-0.25, -0.2) is 4.52 Å². The van der Waals surface area contributed by atoms with Crippen LogP contribution in [0.4, 0.5) is 0 Å². The summed E-state index contributed by atoms with van der Waals surface area (Å²) in [5.74, 6) is 0.524. The van der Waals surface area contributed by atoms with Crippen LogP contribution in [0.2, 0.25) is 19.6 Å². The summed E-state index contributed by atoms with van der Waals surface area (Å²) in [5, 5.41) is 15.0. The van der Waals surface area contributed by atoms with Gasteiger partial charge >= 0.3 is 0 Å². The quantitative estimate of drug-likeness (QED) is 0.776. The van der Waals surface area contributed by atoms with Gasteiger partial charge < -0.3 is 4.74 Å². The number of methoxy groups -OCH3 is 1. The molecule has 2 heterocycles. The van der Waals surface area contributed by atoms with Crippen molar-refractivity contribution in [2.75, 3.05) is 7.11 Å². The lowest BCUT2D eigenvalue weighted by Crippen LogP contribution is -2.40. The second-order valence-electron chi connectivity index (χ2n) is 5.38. The minimum atomic E-state index is -1.58. The van der Waals surface area contributed by atoms with Crippen molar-refractivity contribution in [3.8, 4) is 11.9 Å². The van der Waals surface area contributed by atoms with Crippen LogP contribution in [-0.2, 0) is 0 Å². The molecule has 0 bridgehead atoms. The number of aromatic nitrogens is 2. The zero-order chi connectivity index (χ0) is 13.5. The third-order valence-corrected chi connectivity index (χ3v) is 5.20. The van der Waals surface area contributed by atoms with Gasteiger partial charge in [-0.3, -0.25) is 0 Å². The molecule has 0 saturated heterocycles. The average molecular weight is 259 g/mol. The molecule has 0 aliphatic carbocycles. The van der Waals surface area contributed by atoms with Gasteiger partial charge in [0.05, 0.1) is 20.7 Å². The number of fused-ring (bicyclic) bond motifs is 1. The van der Waals surface area contributed by atoms with E-state index in [1.165, 1.54) is 10.8 Å². The van der Waals surface area contributed by atoms with E-state index in [1.54, 1.807) is 11.6 Å². The maximum absolute atomic E-state index is 9.43. The number of aryl methyl sites for hydroxylation is 1. The Kier molecular flexibility index (Phi) is 2.91. The molecule has 0 saturated carbocycles. The van der Waals surface area contributed by atoms with Gasteiger partial charge in [-0.2, -0.15) is 5.26 Å². The maximum atomic E-state index is 9.43. The summed E-state index contributed by atoms with van der Waals surface area (Å²) < 4.78 is 6.84. The van der Waals surface area contributed by atoms with Crippen LogP contribution in [0.15, 0.2) is 12.1 Å². The van der Waals surface area contributed by atoms with Gasteiger partial charge in [0.25, 0.3) is 0 Å². The number of nitrogens with zero attached hydrogens (tertiary/aromatic N) is 3. The second kappa shape index (κ2) is 4.14. The Morgan fingerprint density at radius 1 is 1.33 bits per heavy atom. The Balaban J connectivity index is 2.89. The van der Waals surface area contributed by atoms with Crippen molar-refractivity contribution in [3.63, 3.8) is 0 Å². The van der Waals surface area contributed by atoms with E-state index in [9.17, 15) is 5.26 Å². The summed E-state index contributed by atoms with van der Waals surface area (Å²) >= 11 is 0. The van der Waals surface area contributed by atoms with Crippen molar-refractivity contribution in [1.82, 2.24) is 9.61 Å². The summed E-state index contributed by atoms with van der Waals surface area (Å²) in [6, 6.07) is 6.09. The molecule has 0 aliphatic rings. The molecule has 4 nitrogen and oxygen atoms in total. The van der Waals surface area contributed by atoms with Crippen molar-refractivity contribution >= 4 is 18.8 Å². The number of nitriles is 1. The Bertz CT molecular complexity index is 647. The minimum Gasteiger partial charge on any atom is -0.480 e. The lowest BCUT2D eigenvalue weighted by molar-refractivity contribution is 0.390. The normalized spacial score (nSPS) is 11.6. The summed E-state index contributed by atoms with van der Waals surface area (Å²) in [4.78, 5) is 0. The monoisotopic (exact) mass is 259 g/mol. The highest BCUT2D eigenvalue weighted by Crippen LogP contribution is 2.19. The molecule has 0 spiro atoms. The molecule has 0 atom stereocenters. The maximum Gasteiger partial charge on any atom is 0.231 e. The molecule has 0 N–H and O–H groups in total. The SMILES string of the molecule is COc1ccc2c(C)c([Si](C)(C)C)c(C#N)n2n1. The molecular formula is C13H17N3OSi. The van der Waals surface area contributed by atoms with Crippen LogP contribution in [0.1, 0.15) is 11.3 Å². The number of rotatable bonds is 2. The topological polar surface area (TPSA) is 50.3 Å². The van der Waals surface area contributed by atoms with Crippen LogP contribution in [0, 0.1) is 18.3 Å². The van der Waals surface area contributed by atoms with Crippen LogP contribution in [0.3, 0.4) is 0 Å². The van der Waals surface area contributed by atoms with Crippen LogP contribution in [0.5, 0.6) is 5.88 Å². The highest BCUT2D eigenvalue weighted by molar-refractivity contribution is 6.89. The second-order valence-corrected chi connectivity index (χ2v) is 10.4. The molecule has 94 valence electrons. The van der Waals surface area contributed by atoms with E-state index < -0.39 is 8.07 Å². The molecule has 0 radical (unpaired) electrons. The molecule has 0 fully saturated rings. The van der Waals surface area contributed by atoms with Crippen molar-refractivity contribution in [2.24, 2.45) is 0 Å². The number of ether oxygens (including phenoxy) is 1. The molecular weight excluding hydrogens is 242 g/mol. The van der Waals surface area contributed by atoms with Crippen LogP contribution in [-0.4, -0.2) is 24.8 Å². The van der Waals surface area contributed by atoms with E-state index in [0.717, 1.165) is 5.52 Å². The minimum absolute atomic E-state index is 0.524. The molecule has 2 rings (SSSR count). The van der Waals surface area contributed by atoms with E-state index in [1.807, 2.05) is 12.1 Å². The fourth-order valence-corrected chi connectivity index (χ4v) is 4.53. The third kappa shape index (κ3) is 1.79. The van der Waals surface area contributed by atoms with Gasteiger partial charge in [-0.1, -0.05) is 19.6 Å². The first-order valence-corrected chi connectivity index (χ1v) is 9.37. The third-order valence-electron chi connectivity index (χ3n) is 3.08. The first kappa shape index (κ1) is 12.6. The van der Waals surface area contributed by atoms with Gasteiger partial charge in [-0.05, 0) is 23.7 Å². The summed E-state index contributed by atoms with van der Waals surface area (Å²) in [6.07, 6.45) is 0. The number of hydrogen-bond donors (Lipinski definition) is 0. The first-order valence-electron chi connectivity index (χ1n) is 5.87. The Morgan fingerprint density at radius 2 is 2.00 bits per heavy atom. The van der Waals surface area contributed by atoms with E-state index >= 15 is 0 Å². The van der Waals surface area contributed by atoms with E-state index in [-0.39, 0.29) is 0 Å².